The fourth-order valence-electron chi connectivity index (χ4n) is 2.53. The molecule has 26 heavy (non-hydrogen) atoms. The van der Waals surface area contributed by atoms with Crippen LogP contribution in [-0.2, 0) is 4.74 Å². The quantitative estimate of drug-likeness (QED) is 0.530. The molecule has 0 aliphatic heterocycles. The summed E-state index contributed by atoms with van der Waals surface area (Å²) < 4.78 is 11.3. The van der Waals surface area contributed by atoms with E-state index in [0.29, 0.717) is 27.5 Å². The van der Waals surface area contributed by atoms with E-state index in [2.05, 4.69) is 26.2 Å². The lowest BCUT2D eigenvalue weighted by Crippen LogP contribution is -2.09. The van der Waals surface area contributed by atoms with Gasteiger partial charge in [0.1, 0.15) is 11.3 Å². The highest BCUT2D eigenvalue weighted by Gasteiger charge is 2.18. The Labute approximate surface area is 164 Å². The maximum atomic E-state index is 12.4. The zero-order valence-corrected chi connectivity index (χ0v) is 16.5. The SMILES string of the molecule is CCOC(=O)c1cnc2cc(OC)c(Br)cc2c1Nc1ccc(Cl)cc1. The number of carbonyl (C=O) groups excluding carboxylic acids is 1. The van der Waals surface area contributed by atoms with Crippen LogP contribution in [0.2, 0.25) is 5.02 Å². The Balaban J connectivity index is 2.19. The van der Waals surface area contributed by atoms with Crippen molar-refractivity contribution < 1.29 is 14.3 Å². The Bertz CT molecular complexity index is 961. The molecular weight excluding hydrogens is 420 g/mol. The fourth-order valence-corrected chi connectivity index (χ4v) is 3.16. The van der Waals surface area contributed by atoms with E-state index in [9.17, 15) is 4.79 Å². The Morgan fingerprint density at radius 3 is 2.65 bits per heavy atom. The van der Waals surface area contributed by atoms with Crippen molar-refractivity contribution in [3.63, 3.8) is 0 Å². The van der Waals surface area contributed by atoms with E-state index in [1.54, 1.807) is 32.2 Å². The van der Waals surface area contributed by atoms with Gasteiger partial charge in [-0.15, -0.1) is 0 Å². The Kier molecular flexibility index (Phi) is 5.64. The van der Waals surface area contributed by atoms with Gasteiger partial charge in [-0.1, -0.05) is 11.6 Å². The minimum absolute atomic E-state index is 0.281. The smallest absolute Gasteiger partial charge is 0.341 e. The molecule has 5 nitrogen and oxygen atoms in total. The lowest BCUT2D eigenvalue weighted by molar-refractivity contribution is 0.0527. The van der Waals surface area contributed by atoms with Crippen LogP contribution in [-0.4, -0.2) is 24.7 Å². The first-order valence-corrected chi connectivity index (χ1v) is 9.06. The first kappa shape index (κ1) is 18.5. The van der Waals surface area contributed by atoms with Crippen LogP contribution in [0.3, 0.4) is 0 Å². The van der Waals surface area contributed by atoms with Crippen molar-refractivity contribution in [2.24, 2.45) is 0 Å². The van der Waals surface area contributed by atoms with Crippen LogP contribution < -0.4 is 10.1 Å². The molecule has 0 aliphatic rings. The molecule has 0 atom stereocenters. The van der Waals surface area contributed by atoms with Crippen molar-refractivity contribution >= 4 is 55.8 Å². The summed E-state index contributed by atoms with van der Waals surface area (Å²) in [5, 5.41) is 4.68. The van der Waals surface area contributed by atoms with Crippen molar-refractivity contribution in [1.29, 1.82) is 0 Å². The van der Waals surface area contributed by atoms with Crippen LogP contribution in [0, 0.1) is 0 Å². The standard InChI is InChI=1S/C19H16BrClN2O3/c1-3-26-19(24)14-10-22-16-9-17(25-2)15(20)8-13(16)18(14)23-12-6-4-11(21)5-7-12/h4-10H,3H2,1-2H3,(H,22,23). The molecule has 134 valence electrons. The third kappa shape index (κ3) is 3.76. The molecular formula is C19H16BrClN2O3. The van der Waals surface area contributed by atoms with Gasteiger partial charge in [0.2, 0.25) is 0 Å². The number of hydrogen-bond acceptors (Lipinski definition) is 5. The van der Waals surface area contributed by atoms with Gasteiger partial charge in [-0.25, -0.2) is 4.79 Å². The summed E-state index contributed by atoms with van der Waals surface area (Å²) in [6.07, 6.45) is 1.51. The molecule has 0 unspecified atom stereocenters. The van der Waals surface area contributed by atoms with Crippen LogP contribution in [0.4, 0.5) is 11.4 Å². The summed E-state index contributed by atoms with van der Waals surface area (Å²) >= 11 is 9.44. The number of halogens is 2. The minimum Gasteiger partial charge on any atom is -0.495 e. The van der Waals surface area contributed by atoms with E-state index in [1.165, 1.54) is 6.20 Å². The van der Waals surface area contributed by atoms with Crippen molar-refractivity contribution in [2.75, 3.05) is 19.0 Å². The second kappa shape index (κ2) is 7.93. The first-order chi connectivity index (χ1) is 12.5. The fraction of sp³-hybridized carbons (Fsp3) is 0.158. The number of hydrogen-bond donors (Lipinski definition) is 1. The topological polar surface area (TPSA) is 60.5 Å². The Morgan fingerprint density at radius 1 is 1.27 bits per heavy atom. The lowest BCUT2D eigenvalue weighted by atomic mass is 10.1. The number of rotatable bonds is 5. The average Bonchev–Trinajstić information content (AvgIpc) is 2.63. The van der Waals surface area contributed by atoms with E-state index in [-0.39, 0.29) is 6.61 Å². The highest BCUT2D eigenvalue weighted by Crippen LogP contribution is 2.36. The summed E-state index contributed by atoms with van der Waals surface area (Å²) in [6, 6.07) is 10.9. The van der Waals surface area contributed by atoms with Gasteiger partial charge in [0, 0.05) is 28.4 Å². The number of anilines is 2. The number of benzene rings is 2. The molecule has 3 rings (SSSR count). The van der Waals surface area contributed by atoms with Gasteiger partial charge in [0.25, 0.3) is 0 Å². The molecule has 0 saturated heterocycles. The van der Waals surface area contributed by atoms with E-state index in [1.807, 2.05) is 18.2 Å². The number of pyridine rings is 1. The van der Waals surface area contributed by atoms with Crippen molar-refractivity contribution in [3.8, 4) is 5.75 Å². The van der Waals surface area contributed by atoms with E-state index < -0.39 is 5.97 Å². The minimum atomic E-state index is -0.440. The number of fused-ring (bicyclic) bond motifs is 1. The molecule has 3 aromatic rings. The van der Waals surface area contributed by atoms with Gasteiger partial charge in [-0.2, -0.15) is 0 Å². The highest BCUT2D eigenvalue weighted by atomic mass is 79.9. The Morgan fingerprint density at radius 2 is 2.00 bits per heavy atom. The normalized spacial score (nSPS) is 10.6. The van der Waals surface area contributed by atoms with Crippen LogP contribution in [0.15, 0.2) is 47.1 Å². The summed E-state index contributed by atoms with van der Waals surface area (Å²) in [7, 11) is 1.59. The van der Waals surface area contributed by atoms with Crippen LogP contribution in [0.1, 0.15) is 17.3 Å². The van der Waals surface area contributed by atoms with Gasteiger partial charge < -0.3 is 14.8 Å². The second-order valence-corrected chi connectivity index (χ2v) is 6.69. The van der Waals surface area contributed by atoms with Gasteiger partial charge in [-0.3, -0.25) is 4.98 Å². The molecule has 1 N–H and O–H groups in total. The molecule has 0 radical (unpaired) electrons. The number of ether oxygens (including phenoxy) is 2. The average molecular weight is 436 g/mol. The van der Waals surface area contributed by atoms with Crippen LogP contribution >= 0.6 is 27.5 Å². The molecule has 0 fully saturated rings. The van der Waals surface area contributed by atoms with Crippen molar-refractivity contribution in [3.05, 3.63) is 57.7 Å². The maximum absolute atomic E-state index is 12.4. The maximum Gasteiger partial charge on any atom is 0.341 e. The number of aromatic nitrogens is 1. The summed E-state index contributed by atoms with van der Waals surface area (Å²) in [6.45, 7) is 2.05. The summed E-state index contributed by atoms with van der Waals surface area (Å²) in [5.41, 5.74) is 2.44. The Hall–Kier alpha value is -2.31. The third-order valence-electron chi connectivity index (χ3n) is 3.75. The zero-order valence-electron chi connectivity index (χ0n) is 14.2. The predicted molar refractivity (Wildman–Crippen MR) is 107 cm³/mol. The monoisotopic (exact) mass is 434 g/mol. The van der Waals surface area contributed by atoms with E-state index in [0.717, 1.165) is 15.5 Å². The molecule has 2 aromatic carbocycles. The number of esters is 1. The number of nitrogens with one attached hydrogen (secondary N) is 1. The largest absolute Gasteiger partial charge is 0.495 e. The molecule has 0 amide bonds. The molecule has 7 heteroatoms. The third-order valence-corrected chi connectivity index (χ3v) is 4.62. The highest BCUT2D eigenvalue weighted by molar-refractivity contribution is 9.10. The molecule has 0 saturated carbocycles. The van der Waals surface area contributed by atoms with E-state index in [4.69, 9.17) is 21.1 Å². The number of carbonyl (C=O) groups is 1. The second-order valence-electron chi connectivity index (χ2n) is 5.40. The van der Waals surface area contributed by atoms with Gasteiger partial charge in [-0.05, 0) is 53.2 Å². The molecule has 0 bridgehead atoms. The molecule has 1 heterocycles. The van der Waals surface area contributed by atoms with Gasteiger partial charge >= 0.3 is 5.97 Å². The van der Waals surface area contributed by atoms with E-state index >= 15 is 0 Å². The molecule has 0 spiro atoms. The number of nitrogens with zero attached hydrogens (tertiary/aromatic N) is 1. The molecule has 1 aromatic heterocycles. The van der Waals surface area contributed by atoms with Crippen molar-refractivity contribution in [1.82, 2.24) is 4.98 Å². The molecule has 0 aliphatic carbocycles. The van der Waals surface area contributed by atoms with Gasteiger partial charge in [0.05, 0.1) is 29.4 Å². The summed E-state index contributed by atoms with van der Waals surface area (Å²) in [5.74, 6) is 0.219. The number of methoxy groups -OCH3 is 1. The summed E-state index contributed by atoms with van der Waals surface area (Å²) in [4.78, 5) is 16.8. The van der Waals surface area contributed by atoms with Crippen molar-refractivity contribution in [2.45, 2.75) is 6.92 Å². The first-order valence-electron chi connectivity index (χ1n) is 7.89. The van der Waals surface area contributed by atoms with Gasteiger partial charge in [0.15, 0.2) is 0 Å². The lowest BCUT2D eigenvalue weighted by Gasteiger charge is -2.15. The zero-order chi connectivity index (χ0) is 18.7. The van der Waals surface area contributed by atoms with Crippen LogP contribution in [0.25, 0.3) is 10.9 Å². The predicted octanol–water partition coefficient (Wildman–Crippen LogP) is 5.58. The van der Waals surface area contributed by atoms with Crippen LogP contribution in [0.5, 0.6) is 5.75 Å².